The van der Waals surface area contributed by atoms with Gasteiger partial charge in [0.05, 0.1) is 0 Å². The molecular formula is C43H48. The van der Waals surface area contributed by atoms with Gasteiger partial charge in [-0.1, -0.05) is 170 Å². The molecule has 4 aromatic rings. The van der Waals surface area contributed by atoms with Gasteiger partial charge in [0.2, 0.25) is 0 Å². The van der Waals surface area contributed by atoms with Gasteiger partial charge in [-0.05, 0) is 85.7 Å². The first-order chi connectivity index (χ1) is 20.4. The standard InChI is InChI=1S/C43H48/c1-9-22-43(8,35-25-31-16-12-20-37(39(31)27-35)29-14-10-18-33(23-29)41(2,3)4)36-26-32-17-13-21-38(40(32)28-36)30-15-11-19-34(24-30)42(5,6)7/h10-21,23-24,27-28H,9,22,25-26H2,1-8H3. The molecule has 0 amide bonds. The van der Waals surface area contributed by atoms with Crippen molar-refractivity contribution < 1.29 is 0 Å². The Hall–Kier alpha value is -3.64. The summed E-state index contributed by atoms with van der Waals surface area (Å²) in [5, 5.41) is 0. The molecule has 4 aromatic carbocycles. The fraction of sp³-hybridized carbons (Fsp3) is 0.349. The Morgan fingerprint density at radius 2 is 0.953 bits per heavy atom. The van der Waals surface area contributed by atoms with Crippen molar-refractivity contribution in [1.29, 1.82) is 0 Å². The Kier molecular flexibility index (Phi) is 7.40. The van der Waals surface area contributed by atoms with Gasteiger partial charge in [-0.25, -0.2) is 0 Å². The first-order valence-corrected chi connectivity index (χ1v) is 16.3. The third-order valence-corrected chi connectivity index (χ3v) is 10.0. The van der Waals surface area contributed by atoms with Crippen LogP contribution in [0.5, 0.6) is 0 Å². The summed E-state index contributed by atoms with van der Waals surface area (Å²) in [6.07, 6.45) is 9.51. The lowest BCUT2D eigenvalue weighted by atomic mass is 9.71. The third kappa shape index (κ3) is 5.46. The second kappa shape index (κ2) is 10.8. The molecule has 0 atom stereocenters. The molecule has 0 bridgehead atoms. The zero-order valence-corrected chi connectivity index (χ0v) is 27.6. The lowest BCUT2D eigenvalue weighted by Crippen LogP contribution is -2.22. The van der Waals surface area contributed by atoms with Crippen molar-refractivity contribution in [3.05, 3.63) is 129 Å². The van der Waals surface area contributed by atoms with Gasteiger partial charge in [-0.2, -0.15) is 0 Å². The van der Waals surface area contributed by atoms with E-state index < -0.39 is 0 Å². The number of benzene rings is 4. The van der Waals surface area contributed by atoms with Crippen LogP contribution in [0.15, 0.2) is 96.1 Å². The molecule has 0 saturated heterocycles. The largest absolute Gasteiger partial charge is 0.0653 e. The first kappa shape index (κ1) is 29.4. The van der Waals surface area contributed by atoms with Crippen LogP contribution >= 0.6 is 0 Å². The maximum absolute atomic E-state index is 2.56. The molecule has 2 aliphatic carbocycles. The van der Waals surface area contributed by atoms with E-state index in [4.69, 9.17) is 0 Å². The lowest BCUT2D eigenvalue weighted by molar-refractivity contribution is 0.424. The summed E-state index contributed by atoms with van der Waals surface area (Å²) in [5.74, 6) is 0. The van der Waals surface area contributed by atoms with Crippen molar-refractivity contribution in [1.82, 2.24) is 0 Å². The van der Waals surface area contributed by atoms with Crippen LogP contribution in [0, 0.1) is 5.41 Å². The fourth-order valence-corrected chi connectivity index (χ4v) is 7.28. The van der Waals surface area contributed by atoms with Crippen LogP contribution in [0.25, 0.3) is 34.4 Å². The van der Waals surface area contributed by atoms with Gasteiger partial charge in [0.25, 0.3) is 0 Å². The Bertz CT molecular complexity index is 1620. The summed E-state index contributed by atoms with van der Waals surface area (Å²) < 4.78 is 0. The van der Waals surface area contributed by atoms with Crippen LogP contribution in [0.4, 0.5) is 0 Å². The van der Waals surface area contributed by atoms with E-state index in [0.717, 1.165) is 19.3 Å². The van der Waals surface area contributed by atoms with Crippen molar-refractivity contribution >= 4 is 12.2 Å². The zero-order chi connectivity index (χ0) is 30.6. The summed E-state index contributed by atoms with van der Waals surface area (Å²) in [4.78, 5) is 0. The second-order valence-corrected chi connectivity index (χ2v) is 15.2. The summed E-state index contributed by atoms with van der Waals surface area (Å²) in [7, 11) is 0. The van der Waals surface area contributed by atoms with E-state index in [1.165, 1.54) is 62.1 Å². The van der Waals surface area contributed by atoms with E-state index >= 15 is 0 Å². The van der Waals surface area contributed by atoms with E-state index in [2.05, 4.69) is 152 Å². The summed E-state index contributed by atoms with van der Waals surface area (Å²) in [5.41, 5.74) is 17.3. The monoisotopic (exact) mass is 564 g/mol. The highest BCUT2D eigenvalue weighted by Crippen LogP contribution is 2.51. The molecule has 43 heavy (non-hydrogen) atoms. The predicted octanol–water partition coefficient (Wildman–Crippen LogP) is 12.0. The van der Waals surface area contributed by atoms with Gasteiger partial charge in [-0.15, -0.1) is 0 Å². The van der Waals surface area contributed by atoms with Crippen LogP contribution < -0.4 is 0 Å². The van der Waals surface area contributed by atoms with Gasteiger partial charge >= 0.3 is 0 Å². The minimum atomic E-state index is 0.0296. The SMILES string of the molecule is CCCC(C)(C1=Cc2c(cccc2-c2cccc(C(C)(C)C)c2)C1)C1=Cc2c(cccc2-c2cccc(C(C)(C)C)c2)C1. The first-order valence-electron chi connectivity index (χ1n) is 16.3. The molecule has 220 valence electrons. The van der Waals surface area contributed by atoms with Crippen LogP contribution in [-0.4, -0.2) is 0 Å². The minimum absolute atomic E-state index is 0.0296. The fourth-order valence-electron chi connectivity index (χ4n) is 7.28. The van der Waals surface area contributed by atoms with Crippen molar-refractivity contribution in [3.63, 3.8) is 0 Å². The van der Waals surface area contributed by atoms with Gasteiger partial charge < -0.3 is 0 Å². The average molecular weight is 565 g/mol. The number of fused-ring (bicyclic) bond motifs is 2. The molecule has 0 heteroatoms. The van der Waals surface area contributed by atoms with E-state index in [0.29, 0.717) is 0 Å². The molecular weight excluding hydrogens is 516 g/mol. The van der Waals surface area contributed by atoms with E-state index in [1.54, 1.807) is 11.1 Å². The van der Waals surface area contributed by atoms with Crippen molar-refractivity contribution in [2.75, 3.05) is 0 Å². The van der Waals surface area contributed by atoms with Gasteiger partial charge in [0.1, 0.15) is 0 Å². The van der Waals surface area contributed by atoms with Gasteiger partial charge in [-0.3, -0.25) is 0 Å². The molecule has 0 aromatic heterocycles. The van der Waals surface area contributed by atoms with E-state index in [9.17, 15) is 0 Å². The number of hydrogen-bond donors (Lipinski definition) is 0. The molecule has 2 aliphatic rings. The van der Waals surface area contributed by atoms with E-state index in [-0.39, 0.29) is 16.2 Å². The normalized spacial score (nSPS) is 14.8. The second-order valence-electron chi connectivity index (χ2n) is 15.2. The maximum atomic E-state index is 2.56. The molecule has 0 N–H and O–H groups in total. The molecule has 6 rings (SSSR count). The van der Waals surface area contributed by atoms with Gasteiger partial charge in [0.15, 0.2) is 0 Å². The van der Waals surface area contributed by atoms with E-state index in [1.807, 2.05) is 0 Å². The third-order valence-electron chi connectivity index (χ3n) is 10.0. The summed E-state index contributed by atoms with van der Waals surface area (Å²) >= 11 is 0. The van der Waals surface area contributed by atoms with Gasteiger partial charge in [0, 0.05) is 5.41 Å². The Balaban J connectivity index is 1.40. The number of allylic oxidation sites excluding steroid dienone is 2. The average Bonchev–Trinajstić information content (AvgIpc) is 3.62. The lowest BCUT2D eigenvalue weighted by Gasteiger charge is -2.33. The highest BCUT2D eigenvalue weighted by atomic mass is 14.4. The molecule has 0 unspecified atom stereocenters. The zero-order valence-electron chi connectivity index (χ0n) is 27.6. The Labute approximate surface area is 260 Å². The van der Waals surface area contributed by atoms with Crippen LogP contribution in [0.1, 0.15) is 102 Å². The quantitative estimate of drug-likeness (QED) is 0.218. The van der Waals surface area contributed by atoms with Crippen molar-refractivity contribution in [2.24, 2.45) is 5.41 Å². The number of hydrogen-bond acceptors (Lipinski definition) is 0. The molecule has 0 saturated carbocycles. The summed E-state index contributed by atoms with van der Waals surface area (Å²) in [6, 6.07) is 32.2. The van der Waals surface area contributed by atoms with Crippen molar-refractivity contribution in [2.45, 2.75) is 91.9 Å². The minimum Gasteiger partial charge on any atom is -0.0653 e. The molecule has 0 radical (unpaired) electrons. The molecule has 0 heterocycles. The highest BCUT2D eigenvalue weighted by Gasteiger charge is 2.37. The number of rotatable bonds is 6. The van der Waals surface area contributed by atoms with Crippen molar-refractivity contribution in [3.8, 4) is 22.3 Å². The molecule has 0 nitrogen and oxygen atoms in total. The summed E-state index contributed by atoms with van der Waals surface area (Å²) in [6.45, 7) is 18.7. The Morgan fingerprint density at radius 3 is 1.35 bits per heavy atom. The molecule has 0 aliphatic heterocycles. The highest BCUT2D eigenvalue weighted by molar-refractivity contribution is 5.84. The molecule has 0 spiro atoms. The van der Waals surface area contributed by atoms with Crippen LogP contribution in [0.2, 0.25) is 0 Å². The smallest absolute Gasteiger partial charge is 0.0105 e. The maximum Gasteiger partial charge on any atom is 0.0105 e. The van der Waals surface area contributed by atoms with Crippen LogP contribution in [-0.2, 0) is 23.7 Å². The topological polar surface area (TPSA) is 0 Å². The Morgan fingerprint density at radius 1 is 0.535 bits per heavy atom. The predicted molar refractivity (Wildman–Crippen MR) is 188 cm³/mol. The molecule has 0 fully saturated rings. The van der Waals surface area contributed by atoms with Crippen LogP contribution in [0.3, 0.4) is 0 Å².